The van der Waals surface area contributed by atoms with E-state index in [0.29, 0.717) is 12.5 Å². The highest BCUT2D eigenvalue weighted by molar-refractivity contribution is 14.0. The molecule has 1 aliphatic carbocycles. The van der Waals surface area contributed by atoms with Gasteiger partial charge in [0.1, 0.15) is 0 Å². The standard InChI is InChI=1S/C17H20N4.HI/c1-12-5-6-13(10-19-12)11-20-17(18)21-16-8-7-14-3-2-4-15(14)9-16;/h5-10H,2-4,11H2,1H3,(H3,18,20,21);1H. The van der Waals surface area contributed by atoms with E-state index in [1.807, 2.05) is 25.3 Å². The fourth-order valence-corrected chi connectivity index (χ4v) is 2.61. The number of anilines is 1. The van der Waals surface area contributed by atoms with Crippen molar-refractivity contribution in [1.82, 2.24) is 4.98 Å². The summed E-state index contributed by atoms with van der Waals surface area (Å²) in [4.78, 5) is 8.61. The van der Waals surface area contributed by atoms with Crippen molar-refractivity contribution in [3.8, 4) is 0 Å². The van der Waals surface area contributed by atoms with Gasteiger partial charge in [0.05, 0.1) is 6.54 Å². The molecule has 4 nitrogen and oxygen atoms in total. The molecule has 1 aromatic carbocycles. The van der Waals surface area contributed by atoms with Crippen LogP contribution < -0.4 is 11.1 Å². The maximum atomic E-state index is 5.95. The van der Waals surface area contributed by atoms with Gasteiger partial charge >= 0.3 is 0 Å². The molecule has 0 spiro atoms. The molecule has 3 rings (SSSR count). The fraction of sp³-hybridized carbons (Fsp3) is 0.294. The lowest BCUT2D eigenvalue weighted by Gasteiger charge is -2.08. The van der Waals surface area contributed by atoms with E-state index in [-0.39, 0.29) is 24.0 Å². The van der Waals surface area contributed by atoms with Gasteiger partial charge in [-0.2, -0.15) is 0 Å². The highest BCUT2D eigenvalue weighted by atomic mass is 127. The summed E-state index contributed by atoms with van der Waals surface area (Å²) >= 11 is 0. The van der Waals surface area contributed by atoms with Crippen LogP contribution in [0, 0.1) is 6.92 Å². The molecule has 0 amide bonds. The molecule has 1 aromatic heterocycles. The first-order chi connectivity index (χ1) is 10.2. The zero-order chi connectivity index (χ0) is 14.7. The predicted molar refractivity (Wildman–Crippen MR) is 102 cm³/mol. The molecule has 5 heteroatoms. The van der Waals surface area contributed by atoms with Crippen LogP contribution in [0.25, 0.3) is 0 Å². The van der Waals surface area contributed by atoms with Crippen molar-refractivity contribution in [3.63, 3.8) is 0 Å². The van der Waals surface area contributed by atoms with Gasteiger partial charge in [-0.05, 0) is 61.1 Å². The first-order valence-corrected chi connectivity index (χ1v) is 7.31. The van der Waals surface area contributed by atoms with Gasteiger partial charge in [0.2, 0.25) is 0 Å². The third kappa shape index (κ3) is 4.19. The SMILES string of the molecule is Cc1ccc(CN=C(N)Nc2ccc3c(c2)CCC3)cn1.I. The number of nitrogens with zero attached hydrogens (tertiary/aromatic N) is 2. The van der Waals surface area contributed by atoms with Gasteiger partial charge in [0, 0.05) is 17.6 Å². The third-order valence-electron chi connectivity index (χ3n) is 3.78. The Hall–Kier alpha value is -1.63. The zero-order valence-corrected chi connectivity index (χ0v) is 15.0. The van der Waals surface area contributed by atoms with Crippen LogP contribution in [0.1, 0.15) is 28.8 Å². The van der Waals surface area contributed by atoms with Crippen molar-refractivity contribution in [2.24, 2.45) is 10.7 Å². The second kappa shape index (κ2) is 7.58. The number of pyridine rings is 1. The van der Waals surface area contributed by atoms with Gasteiger partial charge in [-0.15, -0.1) is 24.0 Å². The minimum atomic E-state index is 0. The van der Waals surface area contributed by atoms with E-state index in [0.717, 1.165) is 23.4 Å². The number of aromatic nitrogens is 1. The number of rotatable bonds is 3. The lowest BCUT2D eigenvalue weighted by molar-refractivity contribution is 0.912. The Kier molecular flexibility index (Phi) is 5.76. The molecule has 1 aliphatic rings. The maximum absolute atomic E-state index is 5.95. The molecule has 0 atom stereocenters. The van der Waals surface area contributed by atoms with Gasteiger partial charge in [-0.25, -0.2) is 4.99 Å². The number of nitrogens with one attached hydrogen (secondary N) is 1. The number of nitrogens with two attached hydrogens (primary N) is 1. The Morgan fingerprint density at radius 2 is 2.05 bits per heavy atom. The number of aryl methyl sites for hydroxylation is 3. The monoisotopic (exact) mass is 408 g/mol. The molecule has 0 saturated carbocycles. The third-order valence-corrected chi connectivity index (χ3v) is 3.78. The second-order valence-corrected chi connectivity index (χ2v) is 5.47. The number of guanidine groups is 1. The topological polar surface area (TPSA) is 63.3 Å². The molecule has 0 radical (unpaired) electrons. The quantitative estimate of drug-likeness (QED) is 0.465. The minimum absolute atomic E-state index is 0. The van der Waals surface area contributed by atoms with Gasteiger partial charge in [0.25, 0.3) is 0 Å². The van der Waals surface area contributed by atoms with Crippen molar-refractivity contribution in [2.75, 3.05) is 5.32 Å². The molecule has 22 heavy (non-hydrogen) atoms. The van der Waals surface area contributed by atoms with Crippen molar-refractivity contribution in [1.29, 1.82) is 0 Å². The lowest BCUT2D eigenvalue weighted by atomic mass is 10.1. The summed E-state index contributed by atoms with van der Waals surface area (Å²) in [5.74, 6) is 0.438. The Morgan fingerprint density at radius 3 is 2.82 bits per heavy atom. The van der Waals surface area contributed by atoms with Gasteiger partial charge in [0.15, 0.2) is 5.96 Å². The predicted octanol–water partition coefficient (Wildman–Crippen LogP) is 3.42. The summed E-state index contributed by atoms with van der Waals surface area (Å²) in [5, 5.41) is 3.16. The van der Waals surface area contributed by atoms with Crippen LogP contribution in [0.5, 0.6) is 0 Å². The van der Waals surface area contributed by atoms with E-state index >= 15 is 0 Å². The number of hydrogen-bond donors (Lipinski definition) is 2. The molecule has 1 heterocycles. The van der Waals surface area contributed by atoms with E-state index in [1.165, 1.54) is 24.0 Å². The van der Waals surface area contributed by atoms with Crippen LogP contribution in [-0.2, 0) is 19.4 Å². The molecule has 0 saturated heterocycles. The van der Waals surface area contributed by atoms with Crippen LogP contribution in [-0.4, -0.2) is 10.9 Å². The van der Waals surface area contributed by atoms with E-state index in [1.54, 1.807) is 0 Å². The molecule has 0 bridgehead atoms. The summed E-state index contributed by atoms with van der Waals surface area (Å²) < 4.78 is 0. The van der Waals surface area contributed by atoms with Gasteiger partial charge in [-0.3, -0.25) is 4.98 Å². The number of benzene rings is 1. The first kappa shape index (κ1) is 16.7. The molecule has 2 aromatic rings. The number of fused-ring (bicyclic) bond motifs is 1. The number of halogens is 1. The average Bonchev–Trinajstić information content (AvgIpc) is 2.94. The van der Waals surface area contributed by atoms with Gasteiger partial charge in [-0.1, -0.05) is 12.1 Å². The molecular formula is C17H21IN4. The summed E-state index contributed by atoms with van der Waals surface area (Å²) in [6.07, 6.45) is 5.45. The van der Waals surface area contributed by atoms with Crippen molar-refractivity contribution in [3.05, 3.63) is 58.9 Å². The van der Waals surface area contributed by atoms with E-state index in [9.17, 15) is 0 Å². The lowest BCUT2D eigenvalue weighted by Crippen LogP contribution is -2.22. The molecular weight excluding hydrogens is 387 g/mol. The van der Waals surface area contributed by atoms with Crippen LogP contribution in [0.15, 0.2) is 41.5 Å². The highest BCUT2D eigenvalue weighted by Crippen LogP contribution is 2.24. The Labute approximate surface area is 148 Å². The minimum Gasteiger partial charge on any atom is -0.370 e. The van der Waals surface area contributed by atoms with Crippen LogP contribution in [0.3, 0.4) is 0 Å². The summed E-state index contributed by atoms with van der Waals surface area (Å²) in [5.41, 5.74) is 11.9. The Balaban J connectivity index is 0.00000176. The van der Waals surface area contributed by atoms with Crippen molar-refractivity contribution >= 4 is 35.6 Å². The van der Waals surface area contributed by atoms with Crippen LogP contribution in [0.2, 0.25) is 0 Å². The van der Waals surface area contributed by atoms with E-state index in [2.05, 4.69) is 33.5 Å². The molecule has 116 valence electrons. The highest BCUT2D eigenvalue weighted by Gasteiger charge is 2.10. The van der Waals surface area contributed by atoms with E-state index < -0.39 is 0 Å². The number of aliphatic imine (C=N–C) groups is 1. The first-order valence-electron chi connectivity index (χ1n) is 7.31. The molecule has 0 unspecified atom stereocenters. The number of hydrogen-bond acceptors (Lipinski definition) is 2. The van der Waals surface area contributed by atoms with Crippen molar-refractivity contribution < 1.29 is 0 Å². The molecule has 0 fully saturated rings. The fourth-order valence-electron chi connectivity index (χ4n) is 2.61. The summed E-state index contributed by atoms with van der Waals surface area (Å²) in [7, 11) is 0. The summed E-state index contributed by atoms with van der Waals surface area (Å²) in [6, 6.07) is 10.4. The Bertz CT molecular complexity index is 665. The molecule has 3 N–H and O–H groups in total. The Morgan fingerprint density at radius 1 is 1.23 bits per heavy atom. The van der Waals surface area contributed by atoms with Crippen LogP contribution >= 0.6 is 24.0 Å². The zero-order valence-electron chi connectivity index (χ0n) is 12.7. The maximum Gasteiger partial charge on any atom is 0.193 e. The largest absolute Gasteiger partial charge is 0.370 e. The smallest absolute Gasteiger partial charge is 0.193 e. The van der Waals surface area contributed by atoms with Gasteiger partial charge < -0.3 is 11.1 Å². The van der Waals surface area contributed by atoms with E-state index in [4.69, 9.17) is 5.73 Å². The van der Waals surface area contributed by atoms with Crippen LogP contribution in [0.4, 0.5) is 5.69 Å². The summed E-state index contributed by atoms with van der Waals surface area (Å²) in [6.45, 7) is 2.51. The second-order valence-electron chi connectivity index (χ2n) is 5.47. The average molecular weight is 408 g/mol. The van der Waals surface area contributed by atoms with Crippen molar-refractivity contribution in [2.45, 2.75) is 32.7 Å². The normalized spacial score (nSPS) is 13.4. The molecule has 0 aliphatic heterocycles.